The number of rotatable bonds is 5. The fourth-order valence-electron chi connectivity index (χ4n) is 2.02. The van der Waals surface area contributed by atoms with Gasteiger partial charge in [-0.2, -0.15) is 0 Å². The minimum Gasteiger partial charge on any atom is -0.480 e. The fourth-order valence-corrected chi connectivity index (χ4v) is 2.13. The molecule has 3 nitrogen and oxygen atoms in total. The van der Waals surface area contributed by atoms with Gasteiger partial charge >= 0.3 is 5.97 Å². The molecule has 0 saturated heterocycles. The normalized spacial score (nSPS) is 10.4. The molecule has 0 fully saturated rings. The summed E-state index contributed by atoms with van der Waals surface area (Å²) in [5.41, 5.74) is 2.53. The second kappa shape index (κ2) is 6.59. The molecular formula is C16H15ClFNO2. The first kappa shape index (κ1) is 15.3. The predicted octanol–water partition coefficient (Wildman–Crippen LogP) is 3.88. The van der Waals surface area contributed by atoms with Crippen LogP contribution in [0.15, 0.2) is 42.5 Å². The van der Waals surface area contributed by atoms with Crippen LogP contribution >= 0.6 is 11.6 Å². The van der Waals surface area contributed by atoms with E-state index in [0.29, 0.717) is 12.1 Å². The molecule has 0 saturated carbocycles. The van der Waals surface area contributed by atoms with Gasteiger partial charge in [0, 0.05) is 12.2 Å². The van der Waals surface area contributed by atoms with Crippen molar-refractivity contribution < 1.29 is 14.3 Å². The van der Waals surface area contributed by atoms with E-state index in [0.717, 1.165) is 11.3 Å². The third-order valence-corrected chi connectivity index (χ3v) is 3.39. The Hall–Kier alpha value is -2.07. The van der Waals surface area contributed by atoms with Crippen LogP contribution in [-0.4, -0.2) is 17.6 Å². The monoisotopic (exact) mass is 307 g/mol. The molecule has 0 spiro atoms. The Morgan fingerprint density at radius 1 is 1.24 bits per heavy atom. The number of nitrogens with zero attached hydrogens (tertiary/aromatic N) is 1. The van der Waals surface area contributed by atoms with Crippen molar-refractivity contribution >= 4 is 23.3 Å². The summed E-state index contributed by atoms with van der Waals surface area (Å²) in [5.74, 6) is -1.45. The molecule has 2 rings (SSSR count). The number of hydrogen-bond donors (Lipinski definition) is 1. The van der Waals surface area contributed by atoms with E-state index in [2.05, 4.69) is 0 Å². The van der Waals surface area contributed by atoms with Gasteiger partial charge in [0.2, 0.25) is 0 Å². The van der Waals surface area contributed by atoms with E-state index in [1.165, 1.54) is 12.1 Å². The Labute approximate surface area is 127 Å². The number of halogens is 2. The number of carboxylic acid groups (broad SMARTS) is 1. The van der Waals surface area contributed by atoms with E-state index in [-0.39, 0.29) is 11.6 Å². The molecule has 0 radical (unpaired) electrons. The lowest BCUT2D eigenvalue weighted by molar-refractivity contribution is -0.135. The first-order valence-electron chi connectivity index (χ1n) is 6.43. The lowest BCUT2D eigenvalue weighted by atomic mass is 10.1. The largest absolute Gasteiger partial charge is 0.480 e. The van der Waals surface area contributed by atoms with Crippen molar-refractivity contribution in [1.29, 1.82) is 0 Å². The molecule has 0 heterocycles. The molecule has 5 heteroatoms. The average molecular weight is 308 g/mol. The van der Waals surface area contributed by atoms with Crippen LogP contribution in [0.2, 0.25) is 5.02 Å². The number of carbonyl (C=O) groups is 1. The van der Waals surface area contributed by atoms with Crippen LogP contribution in [0.1, 0.15) is 11.1 Å². The van der Waals surface area contributed by atoms with Crippen molar-refractivity contribution in [3.63, 3.8) is 0 Å². The van der Waals surface area contributed by atoms with Gasteiger partial charge in [-0.1, -0.05) is 35.4 Å². The Morgan fingerprint density at radius 3 is 2.48 bits per heavy atom. The van der Waals surface area contributed by atoms with Gasteiger partial charge in [-0.3, -0.25) is 4.79 Å². The van der Waals surface area contributed by atoms with Gasteiger partial charge in [0.15, 0.2) is 0 Å². The fraction of sp³-hybridized carbons (Fsp3) is 0.188. The minimum absolute atomic E-state index is 0.0545. The van der Waals surface area contributed by atoms with E-state index in [9.17, 15) is 9.18 Å². The van der Waals surface area contributed by atoms with Crippen LogP contribution in [0.4, 0.5) is 10.1 Å². The quantitative estimate of drug-likeness (QED) is 0.911. The van der Waals surface area contributed by atoms with Crippen molar-refractivity contribution in [3.05, 3.63) is 64.4 Å². The van der Waals surface area contributed by atoms with Crippen molar-refractivity contribution in [2.75, 3.05) is 11.4 Å². The number of aryl methyl sites for hydroxylation is 1. The number of hydrogen-bond acceptors (Lipinski definition) is 2. The molecule has 0 amide bonds. The highest BCUT2D eigenvalue weighted by Crippen LogP contribution is 2.20. The average Bonchev–Trinajstić information content (AvgIpc) is 2.42. The Kier molecular flexibility index (Phi) is 4.81. The van der Waals surface area contributed by atoms with Gasteiger partial charge in [-0.25, -0.2) is 4.39 Å². The summed E-state index contributed by atoms with van der Waals surface area (Å²) in [7, 11) is 0. The standard InChI is InChI=1S/C16H15ClFNO2/c1-11-2-5-13(6-3-11)19(10-16(20)21)9-12-4-7-14(17)15(18)8-12/h2-8H,9-10H2,1H3,(H,20,21). The predicted molar refractivity (Wildman–Crippen MR) is 81.3 cm³/mol. The summed E-state index contributed by atoms with van der Waals surface area (Å²) >= 11 is 5.65. The van der Waals surface area contributed by atoms with Crippen LogP contribution in [0.5, 0.6) is 0 Å². The van der Waals surface area contributed by atoms with Crippen molar-refractivity contribution in [3.8, 4) is 0 Å². The molecule has 0 aromatic heterocycles. The summed E-state index contributed by atoms with van der Waals surface area (Å²) in [6.07, 6.45) is 0. The maximum atomic E-state index is 13.5. The number of benzene rings is 2. The SMILES string of the molecule is Cc1ccc(N(CC(=O)O)Cc2ccc(Cl)c(F)c2)cc1. The highest BCUT2D eigenvalue weighted by atomic mass is 35.5. The van der Waals surface area contributed by atoms with Crippen molar-refractivity contribution in [2.24, 2.45) is 0 Å². The molecule has 0 aliphatic heterocycles. The Morgan fingerprint density at radius 2 is 1.90 bits per heavy atom. The maximum absolute atomic E-state index is 13.5. The highest BCUT2D eigenvalue weighted by Gasteiger charge is 2.12. The summed E-state index contributed by atoms with van der Waals surface area (Å²) in [6.45, 7) is 2.09. The zero-order valence-electron chi connectivity index (χ0n) is 11.5. The topological polar surface area (TPSA) is 40.5 Å². The van der Waals surface area contributed by atoms with Crippen molar-refractivity contribution in [1.82, 2.24) is 0 Å². The first-order valence-corrected chi connectivity index (χ1v) is 6.81. The molecule has 0 atom stereocenters. The van der Waals surface area contributed by atoms with Gasteiger partial charge < -0.3 is 10.0 Å². The van der Waals surface area contributed by atoms with Gasteiger partial charge in [-0.15, -0.1) is 0 Å². The lowest BCUT2D eigenvalue weighted by Gasteiger charge is -2.23. The van der Waals surface area contributed by atoms with Crippen molar-refractivity contribution in [2.45, 2.75) is 13.5 Å². The third-order valence-electron chi connectivity index (χ3n) is 3.08. The Bertz CT molecular complexity index is 643. The first-order chi connectivity index (χ1) is 9.95. The van der Waals surface area contributed by atoms with E-state index < -0.39 is 11.8 Å². The van der Waals surface area contributed by atoms with Crippen LogP contribution in [0.25, 0.3) is 0 Å². The van der Waals surface area contributed by atoms with Crippen LogP contribution < -0.4 is 4.90 Å². The number of anilines is 1. The summed E-state index contributed by atoms with van der Waals surface area (Å²) in [6, 6.07) is 12.0. The summed E-state index contributed by atoms with van der Waals surface area (Å²) < 4.78 is 13.5. The van der Waals surface area contributed by atoms with Crippen LogP contribution in [0.3, 0.4) is 0 Å². The van der Waals surface area contributed by atoms with E-state index in [1.54, 1.807) is 11.0 Å². The summed E-state index contributed by atoms with van der Waals surface area (Å²) in [5, 5.41) is 9.09. The van der Waals surface area contributed by atoms with Crippen LogP contribution in [-0.2, 0) is 11.3 Å². The molecule has 2 aromatic rings. The Balaban J connectivity index is 2.25. The molecule has 2 aromatic carbocycles. The van der Waals surface area contributed by atoms with Crippen LogP contribution in [0, 0.1) is 12.7 Å². The zero-order chi connectivity index (χ0) is 15.4. The van der Waals surface area contributed by atoms with Gasteiger partial charge in [0.05, 0.1) is 5.02 Å². The zero-order valence-corrected chi connectivity index (χ0v) is 12.3. The third kappa shape index (κ3) is 4.20. The lowest BCUT2D eigenvalue weighted by Crippen LogP contribution is -2.29. The second-order valence-electron chi connectivity index (χ2n) is 4.83. The second-order valence-corrected chi connectivity index (χ2v) is 5.24. The van der Waals surface area contributed by atoms with Gasteiger partial charge in [0.1, 0.15) is 12.4 Å². The van der Waals surface area contributed by atoms with Gasteiger partial charge in [0.25, 0.3) is 0 Å². The molecule has 0 bridgehead atoms. The highest BCUT2D eigenvalue weighted by molar-refractivity contribution is 6.30. The smallest absolute Gasteiger partial charge is 0.323 e. The maximum Gasteiger partial charge on any atom is 0.323 e. The molecular weight excluding hydrogens is 293 g/mol. The minimum atomic E-state index is -0.940. The summed E-state index contributed by atoms with van der Waals surface area (Å²) in [4.78, 5) is 12.7. The van der Waals surface area contributed by atoms with E-state index in [1.807, 2.05) is 31.2 Å². The van der Waals surface area contributed by atoms with Gasteiger partial charge in [-0.05, 0) is 36.8 Å². The number of aliphatic carboxylic acids is 1. The van der Waals surface area contributed by atoms with E-state index in [4.69, 9.17) is 16.7 Å². The molecule has 0 aliphatic rings. The number of carboxylic acids is 1. The van der Waals surface area contributed by atoms with E-state index >= 15 is 0 Å². The molecule has 1 N–H and O–H groups in total. The molecule has 21 heavy (non-hydrogen) atoms. The molecule has 110 valence electrons. The molecule has 0 unspecified atom stereocenters. The molecule has 0 aliphatic carbocycles.